The molecule has 0 aliphatic heterocycles. The average molecular weight is 430 g/mol. The highest BCUT2D eigenvalue weighted by molar-refractivity contribution is 5.88. The van der Waals surface area contributed by atoms with Gasteiger partial charge in [0.15, 0.2) is 0 Å². The molecule has 0 unspecified atom stereocenters. The molecule has 2 rings (SSSR count). The molecule has 1 aromatic heterocycles. The second-order valence-corrected chi connectivity index (χ2v) is 8.94. The third-order valence-electron chi connectivity index (χ3n) is 3.70. The Hall–Kier alpha value is -3.29. The van der Waals surface area contributed by atoms with Crippen LogP contribution in [0.25, 0.3) is 0 Å². The number of anilines is 2. The number of benzene rings is 1. The predicted molar refractivity (Wildman–Crippen MR) is 119 cm³/mol. The number of hydrogen-bond acceptors (Lipinski definition) is 7. The Morgan fingerprint density at radius 1 is 0.935 bits per heavy atom. The van der Waals surface area contributed by atoms with Crippen LogP contribution in [0, 0.1) is 0 Å². The van der Waals surface area contributed by atoms with Crippen molar-refractivity contribution < 1.29 is 23.8 Å². The summed E-state index contributed by atoms with van der Waals surface area (Å²) in [5.41, 5.74) is -0.0476. The van der Waals surface area contributed by atoms with Gasteiger partial charge in [-0.05, 0) is 65.3 Å². The van der Waals surface area contributed by atoms with Gasteiger partial charge in [0.2, 0.25) is 5.88 Å². The fourth-order valence-electron chi connectivity index (χ4n) is 2.51. The lowest BCUT2D eigenvalue weighted by Crippen LogP contribution is -2.43. The van der Waals surface area contributed by atoms with E-state index >= 15 is 0 Å². The standard InChI is InChI=1S/C23H31N3O5/c1-22(2,3)30-20(27)26(21(28)31-23(4,5)6)15-16-10-8-11-17(14-16)24-18-12-9-13-19(25-18)29-7/h8-14H,15H2,1-7H3,(H,24,25). The van der Waals surface area contributed by atoms with E-state index < -0.39 is 23.4 Å². The van der Waals surface area contributed by atoms with E-state index in [-0.39, 0.29) is 6.54 Å². The summed E-state index contributed by atoms with van der Waals surface area (Å²) in [5, 5.41) is 3.19. The van der Waals surface area contributed by atoms with E-state index in [4.69, 9.17) is 14.2 Å². The van der Waals surface area contributed by atoms with Crippen molar-refractivity contribution in [2.45, 2.75) is 59.3 Å². The second kappa shape index (κ2) is 9.68. The molecule has 2 aromatic rings. The number of nitrogens with zero attached hydrogens (tertiary/aromatic N) is 2. The molecule has 0 radical (unpaired) electrons. The zero-order valence-electron chi connectivity index (χ0n) is 19.2. The zero-order valence-corrected chi connectivity index (χ0v) is 19.2. The molecular formula is C23H31N3O5. The smallest absolute Gasteiger partial charge is 0.420 e. The minimum Gasteiger partial charge on any atom is -0.481 e. The van der Waals surface area contributed by atoms with Gasteiger partial charge in [-0.3, -0.25) is 0 Å². The van der Waals surface area contributed by atoms with Crippen LogP contribution in [0.5, 0.6) is 5.88 Å². The number of aromatic nitrogens is 1. The van der Waals surface area contributed by atoms with Crippen LogP contribution in [0.1, 0.15) is 47.1 Å². The van der Waals surface area contributed by atoms with Crippen molar-refractivity contribution >= 4 is 23.7 Å². The van der Waals surface area contributed by atoms with Crippen molar-refractivity contribution in [3.8, 4) is 5.88 Å². The van der Waals surface area contributed by atoms with Gasteiger partial charge in [-0.2, -0.15) is 4.98 Å². The first-order chi connectivity index (χ1) is 14.4. The molecule has 0 saturated heterocycles. The monoisotopic (exact) mass is 429 g/mol. The van der Waals surface area contributed by atoms with E-state index in [2.05, 4.69) is 10.3 Å². The van der Waals surface area contributed by atoms with Gasteiger partial charge in [0.1, 0.15) is 17.0 Å². The molecule has 0 aliphatic rings. The summed E-state index contributed by atoms with van der Waals surface area (Å²) in [6, 6.07) is 12.7. The first kappa shape index (κ1) is 24.0. The van der Waals surface area contributed by atoms with Gasteiger partial charge in [-0.15, -0.1) is 0 Å². The summed E-state index contributed by atoms with van der Waals surface area (Å²) >= 11 is 0. The van der Waals surface area contributed by atoms with Crippen molar-refractivity contribution in [1.29, 1.82) is 0 Å². The minimum atomic E-state index is -0.769. The average Bonchev–Trinajstić information content (AvgIpc) is 2.63. The van der Waals surface area contributed by atoms with E-state index in [1.807, 2.05) is 36.4 Å². The maximum Gasteiger partial charge on any atom is 0.420 e. The van der Waals surface area contributed by atoms with E-state index in [0.717, 1.165) is 10.6 Å². The SMILES string of the molecule is COc1cccc(Nc2cccc(CN(C(=O)OC(C)(C)C)C(=O)OC(C)(C)C)c2)n1. The number of carbonyl (C=O) groups excluding carboxylic acids is 2. The number of hydrogen-bond donors (Lipinski definition) is 1. The fourth-order valence-corrected chi connectivity index (χ4v) is 2.51. The molecule has 0 bridgehead atoms. The summed E-state index contributed by atoms with van der Waals surface area (Å²) in [7, 11) is 1.55. The number of carbonyl (C=O) groups is 2. The number of methoxy groups -OCH3 is 1. The molecule has 8 heteroatoms. The third kappa shape index (κ3) is 8.16. The predicted octanol–water partition coefficient (Wildman–Crippen LogP) is 5.51. The fraction of sp³-hybridized carbons (Fsp3) is 0.435. The van der Waals surface area contributed by atoms with Crippen LogP contribution in [-0.4, -0.2) is 40.4 Å². The third-order valence-corrected chi connectivity index (χ3v) is 3.70. The lowest BCUT2D eigenvalue weighted by Gasteiger charge is -2.28. The van der Waals surface area contributed by atoms with Crippen molar-refractivity contribution in [2.75, 3.05) is 12.4 Å². The maximum absolute atomic E-state index is 12.7. The number of rotatable bonds is 5. The van der Waals surface area contributed by atoms with Gasteiger partial charge in [-0.25, -0.2) is 14.5 Å². The van der Waals surface area contributed by atoms with Gasteiger partial charge >= 0.3 is 12.2 Å². The van der Waals surface area contributed by atoms with Crippen molar-refractivity contribution in [2.24, 2.45) is 0 Å². The van der Waals surface area contributed by atoms with Crippen LogP contribution < -0.4 is 10.1 Å². The van der Waals surface area contributed by atoms with E-state index in [0.29, 0.717) is 17.3 Å². The number of ether oxygens (including phenoxy) is 3. The van der Waals surface area contributed by atoms with Gasteiger partial charge in [-0.1, -0.05) is 18.2 Å². The van der Waals surface area contributed by atoms with Gasteiger partial charge in [0.05, 0.1) is 13.7 Å². The molecule has 1 N–H and O–H groups in total. The van der Waals surface area contributed by atoms with Crippen LogP contribution in [0.2, 0.25) is 0 Å². The molecule has 0 atom stereocenters. The quantitative estimate of drug-likeness (QED) is 0.670. The number of nitrogens with one attached hydrogen (secondary N) is 1. The Bertz CT molecular complexity index is 888. The van der Waals surface area contributed by atoms with Gasteiger partial charge in [0.25, 0.3) is 0 Å². The number of pyridine rings is 1. The molecule has 0 saturated carbocycles. The molecule has 0 fully saturated rings. The molecule has 0 spiro atoms. The molecule has 1 heterocycles. The molecule has 0 aliphatic carbocycles. The molecular weight excluding hydrogens is 398 g/mol. The maximum atomic E-state index is 12.7. The summed E-state index contributed by atoms with van der Waals surface area (Å²) in [6.07, 6.45) is -1.54. The highest BCUT2D eigenvalue weighted by atomic mass is 16.6. The first-order valence-corrected chi connectivity index (χ1v) is 9.97. The molecule has 2 amide bonds. The second-order valence-electron chi connectivity index (χ2n) is 8.94. The molecule has 31 heavy (non-hydrogen) atoms. The van der Waals surface area contributed by atoms with E-state index in [1.54, 1.807) is 54.7 Å². The lowest BCUT2D eigenvalue weighted by molar-refractivity contribution is -0.000248. The Kier molecular flexibility index (Phi) is 7.49. The summed E-state index contributed by atoms with van der Waals surface area (Å²) < 4.78 is 16.0. The first-order valence-electron chi connectivity index (χ1n) is 9.97. The molecule has 8 nitrogen and oxygen atoms in total. The van der Waals surface area contributed by atoms with Crippen molar-refractivity contribution in [3.63, 3.8) is 0 Å². The van der Waals surface area contributed by atoms with Crippen LogP contribution >= 0.6 is 0 Å². The number of imide groups is 1. The van der Waals surface area contributed by atoms with E-state index in [9.17, 15) is 9.59 Å². The van der Waals surface area contributed by atoms with Crippen molar-refractivity contribution in [1.82, 2.24) is 9.88 Å². The van der Waals surface area contributed by atoms with Crippen LogP contribution in [0.3, 0.4) is 0 Å². The Labute approximate surface area is 183 Å². The summed E-state index contributed by atoms with van der Waals surface area (Å²) in [4.78, 5) is 30.7. The highest BCUT2D eigenvalue weighted by Crippen LogP contribution is 2.21. The molecule has 168 valence electrons. The topological polar surface area (TPSA) is 90.0 Å². The zero-order chi connectivity index (χ0) is 23.2. The van der Waals surface area contributed by atoms with E-state index in [1.165, 1.54) is 0 Å². The van der Waals surface area contributed by atoms with Gasteiger partial charge in [0, 0.05) is 11.8 Å². The minimum absolute atomic E-state index is 0.00904. The van der Waals surface area contributed by atoms with Gasteiger partial charge < -0.3 is 19.5 Å². The normalized spacial score (nSPS) is 11.5. The Morgan fingerprint density at radius 2 is 1.52 bits per heavy atom. The largest absolute Gasteiger partial charge is 0.481 e. The lowest BCUT2D eigenvalue weighted by atomic mass is 10.2. The Balaban J connectivity index is 2.23. The van der Waals surface area contributed by atoms with Crippen LogP contribution in [0.15, 0.2) is 42.5 Å². The van der Waals surface area contributed by atoms with Crippen molar-refractivity contribution in [3.05, 3.63) is 48.0 Å². The summed E-state index contributed by atoms with van der Waals surface area (Å²) in [5.74, 6) is 1.09. The number of amides is 2. The Morgan fingerprint density at radius 3 is 2.06 bits per heavy atom. The van der Waals surface area contributed by atoms with Crippen LogP contribution in [0.4, 0.5) is 21.1 Å². The summed E-state index contributed by atoms with van der Waals surface area (Å²) in [6.45, 7) is 10.4. The molecule has 1 aromatic carbocycles. The highest BCUT2D eigenvalue weighted by Gasteiger charge is 2.31. The van der Waals surface area contributed by atoms with Crippen LogP contribution in [-0.2, 0) is 16.0 Å².